The summed E-state index contributed by atoms with van der Waals surface area (Å²) < 4.78 is 0. The number of carbonyl (C=O) groups excluding carboxylic acids is 1. The van der Waals surface area contributed by atoms with Crippen LogP contribution in [0, 0.1) is 0 Å². The van der Waals surface area contributed by atoms with Crippen LogP contribution in [0.15, 0.2) is 18.2 Å². The first kappa shape index (κ1) is 10.3. The second-order valence-corrected chi connectivity index (χ2v) is 3.70. The molecule has 15 heavy (non-hydrogen) atoms. The Balaban J connectivity index is 1.99. The van der Waals surface area contributed by atoms with Crippen molar-refractivity contribution in [2.45, 2.75) is 6.54 Å². The Bertz CT molecular complexity index is 334. The molecule has 0 aromatic carbocycles. The molecule has 0 saturated carbocycles. The van der Waals surface area contributed by atoms with E-state index in [0.717, 1.165) is 44.7 Å². The molecule has 1 fully saturated rings. The van der Waals surface area contributed by atoms with Gasteiger partial charge in [0.25, 0.3) is 0 Å². The average molecular weight is 205 g/mol. The van der Waals surface area contributed by atoms with Gasteiger partial charge in [-0.05, 0) is 12.1 Å². The van der Waals surface area contributed by atoms with Crippen molar-refractivity contribution in [1.29, 1.82) is 0 Å². The van der Waals surface area contributed by atoms with Crippen molar-refractivity contribution in [1.82, 2.24) is 15.2 Å². The Labute approximate surface area is 89.3 Å². The lowest BCUT2D eigenvalue weighted by molar-refractivity contribution is 0.111. The Morgan fingerprint density at radius 2 is 2.20 bits per heavy atom. The maximum absolute atomic E-state index is 10.6. The van der Waals surface area contributed by atoms with Crippen molar-refractivity contribution in [3.05, 3.63) is 29.6 Å². The number of pyridine rings is 1. The zero-order valence-electron chi connectivity index (χ0n) is 8.65. The van der Waals surface area contributed by atoms with Gasteiger partial charge in [-0.15, -0.1) is 0 Å². The highest BCUT2D eigenvalue weighted by molar-refractivity contribution is 5.71. The van der Waals surface area contributed by atoms with Crippen molar-refractivity contribution < 1.29 is 4.79 Å². The number of piperazine rings is 1. The minimum atomic E-state index is 0.516. The summed E-state index contributed by atoms with van der Waals surface area (Å²) in [6.07, 6.45) is 0.793. The van der Waals surface area contributed by atoms with Crippen LogP contribution in [-0.2, 0) is 6.54 Å². The van der Waals surface area contributed by atoms with E-state index in [2.05, 4.69) is 15.2 Å². The van der Waals surface area contributed by atoms with Crippen LogP contribution < -0.4 is 5.32 Å². The quantitative estimate of drug-likeness (QED) is 0.721. The van der Waals surface area contributed by atoms with E-state index in [1.807, 2.05) is 12.1 Å². The standard InChI is InChI=1S/C11H15N3O/c15-9-11-3-1-2-10(13-11)8-14-6-4-12-5-7-14/h1-3,9,12H,4-8H2. The van der Waals surface area contributed by atoms with Gasteiger partial charge >= 0.3 is 0 Å². The highest BCUT2D eigenvalue weighted by Crippen LogP contribution is 2.03. The van der Waals surface area contributed by atoms with Gasteiger partial charge in [0.15, 0.2) is 6.29 Å². The lowest BCUT2D eigenvalue weighted by atomic mass is 10.2. The zero-order valence-corrected chi connectivity index (χ0v) is 8.65. The fraction of sp³-hybridized carbons (Fsp3) is 0.455. The first-order valence-corrected chi connectivity index (χ1v) is 5.22. The SMILES string of the molecule is O=Cc1cccc(CN2CCNCC2)n1. The summed E-state index contributed by atoms with van der Waals surface area (Å²) in [6.45, 7) is 5.00. The second-order valence-electron chi connectivity index (χ2n) is 3.70. The molecule has 80 valence electrons. The van der Waals surface area contributed by atoms with Gasteiger partial charge in [-0.1, -0.05) is 6.07 Å². The molecule has 0 spiro atoms. The average Bonchev–Trinajstić information content (AvgIpc) is 2.31. The van der Waals surface area contributed by atoms with Gasteiger partial charge in [-0.2, -0.15) is 0 Å². The number of aromatic nitrogens is 1. The molecule has 1 N–H and O–H groups in total. The van der Waals surface area contributed by atoms with Crippen LogP contribution in [0.1, 0.15) is 16.2 Å². The fourth-order valence-corrected chi connectivity index (χ4v) is 1.75. The largest absolute Gasteiger partial charge is 0.314 e. The Morgan fingerprint density at radius 1 is 1.40 bits per heavy atom. The number of aldehydes is 1. The number of hydrogen-bond acceptors (Lipinski definition) is 4. The number of rotatable bonds is 3. The molecule has 0 aliphatic carbocycles. The molecule has 1 aromatic heterocycles. The smallest absolute Gasteiger partial charge is 0.168 e. The number of nitrogens with zero attached hydrogens (tertiary/aromatic N) is 2. The van der Waals surface area contributed by atoms with E-state index in [9.17, 15) is 4.79 Å². The molecule has 1 saturated heterocycles. The van der Waals surface area contributed by atoms with E-state index >= 15 is 0 Å². The van der Waals surface area contributed by atoms with E-state index < -0.39 is 0 Å². The second kappa shape index (κ2) is 5.00. The van der Waals surface area contributed by atoms with Crippen LogP contribution in [-0.4, -0.2) is 42.3 Å². The summed E-state index contributed by atoms with van der Waals surface area (Å²) in [5.74, 6) is 0. The minimum Gasteiger partial charge on any atom is -0.314 e. The topological polar surface area (TPSA) is 45.2 Å². The van der Waals surface area contributed by atoms with E-state index in [1.165, 1.54) is 0 Å². The fourth-order valence-electron chi connectivity index (χ4n) is 1.75. The Hall–Kier alpha value is -1.26. The van der Waals surface area contributed by atoms with Crippen LogP contribution in [0.3, 0.4) is 0 Å². The van der Waals surface area contributed by atoms with E-state index in [4.69, 9.17) is 0 Å². The van der Waals surface area contributed by atoms with Crippen molar-refractivity contribution in [3.8, 4) is 0 Å². The Kier molecular flexibility index (Phi) is 3.42. The van der Waals surface area contributed by atoms with Gasteiger partial charge < -0.3 is 5.32 Å². The first-order valence-electron chi connectivity index (χ1n) is 5.22. The van der Waals surface area contributed by atoms with E-state index in [0.29, 0.717) is 5.69 Å². The molecule has 2 heterocycles. The van der Waals surface area contributed by atoms with Gasteiger partial charge in [0, 0.05) is 32.7 Å². The van der Waals surface area contributed by atoms with Crippen molar-refractivity contribution in [2.75, 3.05) is 26.2 Å². The van der Waals surface area contributed by atoms with Crippen molar-refractivity contribution in [2.24, 2.45) is 0 Å². The monoisotopic (exact) mass is 205 g/mol. The predicted octanol–water partition coefficient (Wildman–Crippen LogP) is 0.299. The van der Waals surface area contributed by atoms with Gasteiger partial charge in [0.05, 0.1) is 5.69 Å². The summed E-state index contributed by atoms with van der Waals surface area (Å²) in [5, 5.41) is 3.30. The molecule has 4 heteroatoms. The summed E-state index contributed by atoms with van der Waals surface area (Å²) in [7, 11) is 0. The third kappa shape index (κ3) is 2.84. The van der Waals surface area contributed by atoms with Gasteiger partial charge in [-0.3, -0.25) is 9.69 Å². The summed E-state index contributed by atoms with van der Waals surface area (Å²) in [4.78, 5) is 17.2. The molecule has 2 rings (SSSR count). The van der Waals surface area contributed by atoms with Gasteiger partial charge in [-0.25, -0.2) is 4.98 Å². The Morgan fingerprint density at radius 3 is 2.93 bits per heavy atom. The lowest BCUT2D eigenvalue weighted by Crippen LogP contribution is -2.43. The molecule has 0 atom stereocenters. The normalized spacial score (nSPS) is 17.6. The summed E-state index contributed by atoms with van der Waals surface area (Å²) >= 11 is 0. The molecule has 1 aliphatic rings. The predicted molar refractivity (Wildman–Crippen MR) is 57.8 cm³/mol. The minimum absolute atomic E-state index is 0.516. The molecule has 0 unspecified atom stereocenters. The highest BCUT2D eigenvalue weighted by atomic mass is 16.1. The van der Waals surface area contributed by atoms with Gasteiger partial charge in [0.1, 0.15) is 5.69 Å². The van der Waals surface area contributed by atoms with Crippen molar-refractivity contribution >= 4 is 6.29 Å². The van der Waals surface area contributed by atoms with E-state index in [-0.39, 0.29) is 0 Å². The molecule has 1 aliphatic heterocycles. The lowest BCUT2D eigenvalue weighted by Gasteiger charge is -2.26. The van der Waals surface area contributed by atoms with Crippen molar-refractivity contribution in [3.63, 3.8) is 0 Å². The molecule has 4 nitrogen and oxygen atoms in total. The maximum atomic E-state index is 10.6. The third-order valence-electron chi connectivity index (χ3n) is 2.54. The highest BCUT2D eigenvalue weighted by Gasteiger charge is 2.10. The molecule has 0 amide bonds. The number of nitrogens with one attached hydrogen (secondary N) is 1. The molecular formula is C11H15N3O. The maximum Gasteiger partial charge on any atom is 0.168 e. The van der Waals surface area contributed by atoms with Crippen LogP contribution in [0.25, 0.3) is 0 Å². The van der Waals surface area contributed by atoms with Crippen LogP contribution >= 0.6 is 0 Å². The number of hydrogen-bond donors (Lipinski definition) is 1. The van der Waals surface area contributed by atoms with Crippen LogP contribution in [0.4, 0.5) is 0 Å². The number of carbonyl (C=O) groups is 1. The molecular weight excluding hydrogens is 190 g/mol. The molecule has 1 aromatic rings. The first-order chi connectivity index (χ1) is 7.38. The van der Waals surface area contributed by atoms with E-state index in [1.54, 1.807) is 6.07 Å². The summed E-state index contributed by atoms with van der Waals surface area (Å²) in [5.41, 5.74) is 1.49. The molecule has 0 radical (unpaired) electrons. The van der Waals surface area contributed by atoms with Crippen LogP contribution in [0.2, 0.25) is 0 Å². The zero-order chi connectivity index (χ0) is 10.5. The molecule has 0 bridgehead atoms. The third-order valence-corrected chi connectivity index (χ3v) is 2.54. The van der Waals surface area contributed by atoms with Gasteiger partial charge in [0.2, 0.25) is 0 Å². The summed E-state index contributed by atoms with van der Waals surface area (Å²) in [6, 6.07) is 5.58. The van der Waals surface area contributed by atoms with Crippen LogP contribution in [0.5, 0.6) is 0 Å².